The summed E-state index contributed by atoms with van der Waals surface area (Å²) in [6.07, 6.45) is 3.75. The van der Waals surface area contributed by atoms with Crippen LogP contribution in [0.3, 0.4) is 0 Å². The molecule has 3 rings (SSSR count). The quantitative estimate of drug-likeness (QED) is 0.207. The lowest BCUT2D eigenvalue weighted by atomic mass is 10.1. The molecule has 0 radical (unpaired) electrons. The summed E-state index contributed by atoms with van der Waals surface area (Å²) in [5.74, 6) is -0.198. The minimum Gasteiger partial charge on any atom is -0.480 e. The maximum atomic E-state index is 12.3. The molecular weight excluding hydrogens is 464 g/mol. The number of rotatable bonds is 9. The Morgan fingerprint density at radius 2 is 2.06 bits per heavy atom. The van der Waals surface area contributed by atoms with Gasteiger partial charge in [0.2, 0.25) is 0 Å². The van der Waals surface area contributed by atoms with Crippen molar-refractivity contribution in [1.29, 1.82) is 0 Å². The molecule has 0 saturated carbocycles. The maximum Gasteiger partial charge on any atom is 0.344 e. The number of halogens is 1. The lowest BCUT2D eigenvalue weighted by Gasteiger charge is -2.13. The van der Waals surface area contributed by atoms with Gasteiger partial charge in [0, 0.05) is 5.39 Å². The second-order valence-corrected chi connectivity index (χ2v) is 7.28. The molecule has 1 heterocycles. The van der Waals surface area contributed by atoms with Crippen LogP contribution in [-0.2, 0) is 16.0 Å². The Labute approximate surface area is 187 Å². The van der Waals surface area contributed by atoms with Crippen LogP contribution in [0.4, 0.5) is 0 Å². The van der Waals surface area contributed by atoms with Crippen molar-refractivity contribution in [3.8, 4) is 5.75 Å². The zero-order valence-electron chi connectivity index (χ0n) is 16.9. The number of carbonyl (C=O) groups is 2. The normalized spacial score (nSPS) is 10.9. The first-order valence-corrected chi connectivity index (χ1v) is 10.3. The van der Waals surface area contributed by atoms with Gasteiger partial charge in [-0.25, -0.2) is 10.2 Å². The molecule has 0 aliphatic rings. The number of hydrazone groups is 1. The average molecular weight is 485 g/mol. The second kappa shape index (κ2) is 10.6. The van der Waals surface area contributed by atoms with Crippen molar-refractivity contribution in [2.45, 2.75) is 13.3 Å². The number of benzene rings is 2. The van der Waals surface area contributed by atoms with Crippen LogP contribution in [0, 0.1) is 0 Å². The van der Waals surface area contributed by atoms with Gasteiger partial charge in [0.05, 0.1) is 17.3 Å². The van der Waals surface area contributed by atoms with Gasteiger partial charge in [0.15, 0.2) is 12.4 Å². The van der Waals surface area contributed by atoms with Crippen LogP contribution in [0.25, 0.3) is 11.0 Å². The van der Waals surface area contributed by atoms with Crippen molar-refractivity contribution < 1.29 is 23.5 Å². The number of ether oxygens (including phenoxy) is 2. The molecule has 3 aromatic rings. The summed E-state index contributed by atoms with van der Waals surface area (Å²) in [6.45, 7) is 5.58. The zero-order valence-corrected chi connectivity index (χ0v) is 18.5. The summed E-state index contributed by atoms with van der Waals surface area (Å²) in [6, 6.07) is 12.6. The molecule has 1 N–H and O–H groups in total. The molecule has 0 aliphatic carbocycles. The van der Waals surface area contributed by atoms with Crippen LogP contribution in [0.1, 0.15) is 28.6 Å². The predicted molar refractivity (Wildman–Crippen MR) is 121 cm³/mol. The third kappa shape index (κ3) is 5.82. The van der Waals surface area contributed by atoms with Crippen molar-refractivity contribution in [2.24, 2.45) is 5.10 Å². The second-order valence-electron chi connectivity index (χ2n) is 6.43. The highest BCUT2D eigenvalue weighted by molar-refractivity contribution is 9.10. The van der Waals surface area contributed by atoms with E-state index in [0.717, 1.165) is 16.5 Å². The number of para-hydroxylation sites is 1. The molecular formula is C23H21BrN2O5. The van der Waals surface area contributed by atoms with Gasteiger partial charge in [-0.3, -0.25) is 4.79 Å². The van der Waals surface area contributed by atoms with E-state index in [4.69, 9.17) is 13.9 Å². The number of hydrogen-bond donors (Lipinski definition) is 1. The zero-order chi connectivity index (χ0) is 22.2. The fourth-order valence-electron chi connectivity index (χ4n) is 2.87. The SMILES string of the molecule is C=CCc1cc(/C=N/NC(=O)c2cc3ccccc3o2)cc(Br)c1OCC(=O)OCC. The minimum absolute atomic E-state index is 0.176. The standard InChI is InChI=1S/C23H21BrN2O5/c1-3-7-17-10-15(11-18(24)22(17)30-14-21(27)29-4-2)13-25-26-23(28)20-12-16-8-5-6-9-19(16)31-20/h3,5-6,8-13H,1,4,7,14H2,2H3,(H,26,28)/b25-13+. The van der Waals surface area contributed by atoms with Gasteiger partial charge in [-0.2, -0.15) is 5.10 Å². The summed E-state index contributed by atoms with van der Waals surface area (Å²) < 4.78 is 16.7. The first kappa shape index (κ1) is 22.3. The summed E-state index contributed by atoms with van der Waals surface area (Å²) in [5, 5.41) is 4.85. The van der Waals surface area contributed by atoms with E-state index in [1.54, 1.807) is 31.2 Å². The number of amides is 1. The van der Waals surface area contributed by atoms with E-state index >= 15 is 0 Å². The number of nitrogens with one attached hydrogen (secondary N) is 1. The van der Waals surface area contributed by atoms with Crippen molar-refractivity contribution in [2.75, 3.05) is 13.2 Å². The van der Waals surface area contributed by atoms with E-state index in [-0.39, 0.29) is 19.0 Å². The van der Waals surface area contributed by atoms with E-state index < -0.39 is 11.9 Å². The van der Waals surface area contributed by atoms with Crippen LogP contribution < -0.4 is 10.2 Å². The van der Waals surface area contributed by atoms with Crippen molar-refractivity contribution in [3.05, 3.63) is 76.5 Å². The molecule has 31 heavy (non-hydrogen) atoms. The van der Waals surface area contributed by atoms with Crippen molar-refractivity contribution in [1.82, 2.24) is 5.43 Å². The summed E-state index contributed by atoms with van der Waals surface area (Å²) >= 11 is 3.46. The molecule has 0 spiro atoms. The molecule has 0 saturated heterocycles. The van der Waals surface area contributed by atoms with E-state index in [9.17, 15) is 9.59 Å². The molecule has 0 bridgehead atoms. The first-order valence-electron chi connectivity index (χ1n) is 9.55. The van der Waals surface area contributed by atoms with Gasteiger partial charge >= 0.3 is 11.9 Å². The number of esters is 1. The van der Waals surface area contributed by atoms with Crippen molar-refractivity contribution in [3.63, 3.8) is 0 Å². The third-order valence-corrected chi connectivity index (χ3v) is 4.76. The number of hydrogen-bond acceptors (Lipinski definition) is 6. The molecule has 1 aromatic heterocycles. The van der Waals surface area contributed by atoms with E-state index in [2.05, 4.69) is 33.0 Å². The van der Waals surface area contributed by atoms with Crippen LogP contribution in [0.5, 0.6) is 5.75 Å². The molecule has 2 aromatic carbocycles. The van der Waals surface area contributed by atoms with Gasteiger partial charge in [0.25, 0.3) is 0 Å². The van der Waals surface area contributed by atoms with Crippen LogP contribution in [-0.4, -0.2) is 31.3 Å². The molecule has 0 atom stereocenters. The molecule has 160 valence electrons. The lowest BCUT2D eigenvalue weighted by Crippen LogP contribution is -2.17. The van der Waals surface area contributed by atoms with Gasteiger partial charge in [-0.1, -0.05) is 24.3 Å². The molecule has 0 unspecified atom stereocenters. The Kier molecular flexibility index (Phi) is 7.61. The highest BCUT2D eigenvalue weighted by Crippen LogP contribution is 2.31. The number of carbonyl (C=O) groups excluding carboxylic acids is 2. The van der Waals surface area contributed by atoms with E-state index in [0.29, 0.717) is 22.2 Å². The van der Waals surface area contributed by atoms with Crippen molar-refractivity contribution >= 4 is 45.0 Å². The van der Waals surface area contributed by atoms with Crippen LogP contribution in [0.2, 0.25) is 0 Å². The number of allylic oxidation sites excluding steroid dienone is 1. The molecule has 7 nitrogen and oxygen atoms in total. The van der Waals surface area contributed by atoms with E-state index in [1.807, 2.05) is 24.3 Å². The third-order valence-electron chi connectivity index (χ3n) is 4.18. The summed E-state index contributed by atoms with van der Waals surface area (Å²) in [4.78, 5) is 23.9. The highest BCUT2D eigenvalue weighted by Gasteiger charge is 2.13. The number of furan rings is 1. The Morgan fingerprint density at radius 1 is 1.26 bits per heavy atom. The highest BCUT2D eigenvalue weighted by atomic mass is 79.9. The number of fused-ring (bicyclic) bond motifs is 1. The van der Waals surface area contributed by atoms with Crippen LogP contribution >= 0.6 is 15.9 Å². The minimum atomic E-state index is -0.452. The Hall–Kier alpha value is -3.39. The largest absolute Gasteiger partial charge is 0.480 e. The fraction of sp³-hybridized carbons (Fsp3) is 0.174. The predicted octanol–water partition coefficient (Wildman–Crippen LogP) is 4.63. The molecule has 0 aliphatic heterocycles. The Bertz CT molecular complexity index is 1100. The monoisotopic (exact) mass is 484 g/mol. The average Bonchev–Trinajstić information content (AvgIpc) is 3.18. The smallest absolute Gasteiger partial charge is 0.344 e. The Morgan fingerprint density at radius 3 is 2.81 bits per heavy atom. The molecule has 8 heteroatoms. The van der Waals surface area contributed by atoms with Gasteiger partial charge in [-0.05, 0) is 64.7 Å². The maximum absolute atomic E-state index is 12.3. The van der Waals surface area contributed by atoms with Gasteiger partial charge < -0.3 is 13.9 Å². The topological polar surface area (TPSA) is 90.1 Å². The van der Waals surface area contributed by atoms with Crippen LogP contribution in [0.15, 0.2) is 69.1 Å². The van der Waals surface area contributed by atoms with E-state index in [1.165, 1.54) is 6.21 Å². The van der Waals surface area contributed by atoms with Gasteiger partial charge in [0.1, 0.15) is 11.3 Å². The number of nitrogens with zero attached hydrogens (tertiary/aromatic N) is 1. The fourth-order valence-corrected chi connectivity index (χ4v) is 3.50. The van der Waals surface area contributed by atoms with Gasteiger partial charge in [-0.15, -0.1) is 6.58 Å². The Balaban J connectivity index is 1.71. The summed E-state index contributed by atoms with van der Waals surface area (Å²) in [5.41, 5.74) is 4.61. The first-order chi connectivity index (χ1) is 15.0. The molecule has 1 amide bonds. The molecule has 0 fully saturated rings. The lowest BCUT2D eigenvalue weighted by molar-refractivity contribution is -0.145. The summed E-state index contributed by atoms with van der Waals surface area (Å²) in [7, 11) is 0.